The van der Waals surface area contributed by atoms with Gasteiger partial charge in [0.25, 0.3) is 0 Å². The number of pyridine rings is 1. The van der Waals surface area contributed by atoms with Crippen molar-refractivity contribution in [2.24, 2.45) is 0 Å². The smallest absolute Gasteiger partial charge is 0.417 e. The van der Waals surface area contributed by atoms with Gasteiger partial charge in [-0.3, -0.25) is 9.67 Å². The van der Waals surface area contributed by atoms with Crippen molar-refractivity contribution in [1.29, 1.82) is 0 Å². The quantitative estimate of drug-likeness (QED) is 0.205. The number of imidazole rings is 1. The summed E-state index contributed by atoms with van der Waals surface area (Å²) >= 11 is 0. The van der Waals surface area contributed by atoms with Crippen LogP contribution in [-0.2, 0) is 15.7 Å². The van der Waals surface area contributed by atoms with Gasteiger partial charge in [-0.2, -0.15) is 18.3 Å². The van der Waals surface area contributed by atoms with Crippen LogP contribution >= 0.6 is 0 Å². The highest BCUT2D eigenvalue weighted by atomic mass is 19.4. The largest absolute Gasteiger partial charge is 0.467 e. The number of aromatic nitrogens is 5. The topological polar surface area (TPSA) is 82.8 Å². The van der Waals surface area contributed by atoms with Crippen LogP contribution in [0.1, 0.15) is 22.7 Å². The van der Waals surface area contributed by atoms with Crippen LogP contribution in [0.15, 0.2) is 67.1 Å². The fourth-order valence-corrected chi connectivity index (χ4v) is 4.13. The number of carbonyl (C=O) groups excluding carboxylic acids is 1. The van der Waals surface area contributed by atoms with Crippen LogP contribution in [-0.4, -0.2) is 37.8 Å². The second kappa shape index (κ2) is 9.86. The van der Waals surface area contributed by atoms with Crippen LogP contribution in [0.25, 0.3) is 34.0 Å². The Morgan fingerprint density at radius 3 is 2.41 bits per heavy atom. The van der Waals surface area contributed by atoms with E-state index in [0.717, 1.165) is 12.1 Å². The third kappa shape index (κ3) is 4.92. The van der Waals surface area contributed by atoms with E-state index in [4.69, 9.17) is 4.74 Å². The molecule has 2 aliphatic heterocycles. The molecule has 0 saturated carbocycles. The molecule has 39 heavy (non-hydrogen) atoms. The molecule has 0 saturated heterocycles. The Balaban J connectivity index is 1.53. The summed E-state index contributed by atoms with van der Waals surface area (Å²) in [5, 5.41) is 4.21. The lowest BCUT2D eigenvalue weighted by Gasteiger charge is -2.18. The molecule has 2 aromatic carbocycles. The van der Waals surface area contributed by atoms with E-state index in [1.807, 2.05) is 0 Å². The first-order valence-corrected chi connectivity index (χ1v) is 11.4. The van der Waals surface area contributed by atoms with E-state index in [9.17, 15) is 26.7 Å². The number of carbonyl (C=O) groups is 1. The first-order valence-electron chi connectivity index (χ1n) is 11.4. The molecular weight excluding hydrogens is 521 g/mol. The van der Waals surface area contributed by atoms with Gasteiger partial charge in [0.15, 0.2) is 23.5 Å². The highest BCUT2D eigenvalue weighted by Crippen LogP contribution is 2.37. The number of halogens is 5. The number of alkyl halides is 3. The molecular formula is C27H18F5N5O2. The molecule has 0 aliphatic carbocycles. The maximum atomic E-state index is 14.3. The molecule has 1 unspecified atom stereocenters. The summed E-state index contributed by atoms with van der Waals surface area (Å²) in [5.41, 5.74) is 0.213. The lowest BCUT2D eigenvalue weighted by Crippen LogP contribution is -2.24. The van der Waals surface area contributed by atoms with Crippen LogP contribution in [0.4, 0.5) is 22.0 Å². The van der Waals surface area contributed by atoms with Crippen molar-refractivity contribution >= 4 is 5.97 Å². The van der Waals surface area contributed by atoms with Gasteiger partial charge in [-0.25, -0.2) is 23.5 Å². The molecule has 1 aromatic heterocycles. The minimum absolute atomic E-state index is 0.0618. The lowest BCUT2D eigenvalue weighted by atomic mass is 10.00. The van der Waals surface area contributed by atoms with Gasteiger partial charge < -0.3 is 4.74 Å². The zero-order valence-corrected chi connectivity index (χ0v) is 20.4. The SMILES string of the molecule is COC(=O)C(c1ccc(-c2ccc(C)cc2C(F)(F)F)nc1)n1cc2nc(-c3cccc(F)c3F)nc-2cn1. The highest BCUT2D eigenvalue weighted by Gasteiger charge is 2.34. The van der Waals surface area contributed by atoms with Gasteiger partial charge in [0.2, 0.25) is 0 Å². The Kier molecular flexibility index (Phi) is 6.54. The fourth-order valence-electron chi connectivity index (χ4n) is 4.13. The normalized spacial score (nSPS) is 12.5. The first kappa shape index (κ1) is 25.9. The van der Waals surface area contributed by atoms with E-state index in [-0.39, 0.29) is 39.6 Å². The van der Waals surface area contributed by atoms with Gasteiger partial charge in [0.05, 0.1) is 36.3 Å². The van der Waals surface area contributed by atoms with Crippen molar-refractivity contribution < 1.29 is 31.5 Å². The minimum atomic E-state index is -4.58. The highest BCUT2D eigenvalue weighted by molar-refractivity contribution is 5.78. The van der Waals surface area contributed by atoms with Crippen molar-refractivity contribution in [1.82, 2.24) is 24.7 Å². The van der Waals surface area contributed by atoms with Crippen molar-refractivity contribution in [3.63, 3.8) is 0 Å². The number of hydrogen-bond acceptors (Lipinski definition) is 6. The number of hydrogen-bond donors (Lipinski definition) is 0. The second-order valence-electron chi connectivity index (χ2n) is 8.62. The predicted octanol–water partition coefficient (Wildman–Crippen LogP) is 5.87. The molecule has 1 atom stereocenters. The number of benzene rings is 2. The number of ether oxygens (including phenoxy) is 1. The van der Waals surface area contributed by atoms with Crippen LogP contribution in [0.5, 0.6) is 0 Å². The van der Waals surface area contributed by atoms with E-state index in [1.54, 1.807) is 13.0 Å². The summed E-state index contributed by atoms with van der Waals surface area (Å²) in [5.74, 6) is -2.96. The average Bonchev–Trinajstić information content (AvgIpc) is 3.33. The van der Waals surface area contributed by atoms with Crippen LogP contribution in [0, 0.1) is 18.6 Å². The van der Waals surface area contributed by atoms with Gasteiger partial charge in [-0.15, -0.1) is 0 Å². The summed E-state index contributed by atoms with van der Waals surface area (Å²) in [6.07, 6.45) is -0.651. The number of fused-ring (bicyclic) bond motifs is 1. The molecule has 0 N–H and O–H groups in total. The van der Waals surface area contributed by atoms with Gasteiger partial charge in [-0.1, -0.05) is 29.8 Å². The predicted molar refractivity (Wildman–Crippen MR) is 129 cm³/mol. The zero-order chi connectivity index (χ0) is 27.9. The van der Waals surface area contributed by atoms with E-state index in [2.05, 4.69) is 20.1 Å². The molecule has 0 radical (unpaired) electrons. The van der Waals surface area contributed by atoms with Crippen LogP contribution < -0.4 is 0 Å². The number of nitrogens with zero attached hydrogens (tertiary/aromatic N) is 5. The van der Waals surface area contributed by atoms with Crippen molar-refractivity contribution in [2.45, 2.75) is 19.1 Å². The molecule has 0 spiro atoms. The molecule has 5 rings (SSSR count). The molecule has 0 amide bonds. The third-order valence-corrected chi connectivity index (χ3v) is 6.02. The van der Waals surface area contributed by atoms with Gasteiger partial charge in [0, 0.05) is 17.3 Å². The molecule has 0 fully saturated rings. The molecule has 3 aromatic rings. The number of methoxy groups -OCH3 is 1. The lowest BCUT2D eigenvalue weighted by molar-refractivity contribution is -0.143. The summed E-state index contributed by atoms with van der Waals surface area (Å²) < 4.78 is 75.0. The Morgan fingerprint density at radius 1 is 0.949 bits per heavy atom. The summed E-state index contributed by atoms with van der Waals surface area (Å²) in [6, 6.07) is 9.22. The molecule has 198 valence electrons. The average molecular weight is 539 g/mol. The number of esters is 1. The minimum Gasteiger partial charge on any atom is -0.467 e. The standard InChI is InChI=1S/C27H18F5N5O2/c1-14-6-8-16(18(10-14)27(30,31)32)20-9-7-15(11-33-20)24(26(38)39-2)37-13-22-21(12-34-37)35-25(36-22)17-4-3-5-19(28)23(17)29/h3-13,24H,1-2H3. The maximum absolute atomic E-state index is 14.3. The monoisotopic (exact) mass is 539 g/mol. The van der Waals surface area contributed by atoms with E-state index in [0.29, 0.717) is 5.56 Å². The van der Waals surface area contributed by atoms with E-state index in [1.165, 1.54) is 60.7 Å². The fraction of sp³-hybridized carbons (Fsp3) is 0.148. The molecule has 2 aliphatic rings. The molecule has 0 bridgehead atoms. The molecule has 7 nitrogen and oxygen atoms in total. The van der Waals surface area contributed by atoms with Crippen LogP contribution in [0.2, 0.25) is 0 Å². The summed E-state index contributed by atoms with van der Waals surface area (Å²) in [7, 11) is 1.17. The zero-order valence-electron chi connectivity index (χ0n) is 20.4. The first-order chi connectivity index (χ1) is 18.6. The number of rotatable bonds is 5. The maximum Gasteiger partial charge on any atom is 0.417 e. The van der Waals surface area contributed by atoms with Gasteiger partial charge in [0.1, 0.15) is 11.4 Å². The van der Waals surface area contributed by atoms with Gasteiger partial charge in [-0.05, 0) is 31.2 Å². The number of aryl methyl sites for hydroxylation is 1. The summed E-state index contributed by atoms with van der Waals surface area (Å²) in [4.78, 5) is 25.4. The van der Waals surface area contributed by atoms with Gasteiger partial charge >= 0.3 is 12.1 Å². The van der Waals surface area contributed by atoms with Crippen LogP contribution in [0.3, 0.4) is 0 Å². The second-order valence-corrected chi connectivity index (χ2v) is 8.62. The van der Waals surface area contributed by atoms with Crippen molar-refractivity contribution in [3.05, 3.63) is 95.4 Å². The third-order valence-electron chi connectivity index (χ3n) is 6.02. The molecule has 3 heterocycles. The Morgan fingerprint density at radius 2 is 1.72 bits per heavy atom. The van der Waals surface area contributed by atoms with E-state index < -0.39 is 35.4 Å². The summed E-state index contributed by atoms with van der Waals surface area (Å²) in [6.45, 7) is 1.56. The van der Waals surface area contributed by atoms with E-state index >= 15 is 0 Å². The Labute approximate surface area is 218 Å². The Hall–Kier alpha value is -4.74. The Bertz CT molecular complexity index is 1650. The van der Waals surface area contributed by atoms with Crippen molar-refractivity contribution in [3.8, 4) is 34.0 Å². The molecule has 12 heteroatoms. The van der Waals surface area contributed by atoms with Crippen molar-refractivity contribution in [2.75, 3.05) is 7.11 Å².